The van der Waals surface area contributed by atoms with Gasteiger partial charge in [0.05, 0.1) is 18.9 Å². The van der Waals surface area contributed by atoms with Crippen LogP contribution in [0, 0.1) is 0 Å². The van der Waals surface area contributed by atoms with Gasteiger partial charge in [-0.1, -0.05) is 0 Å². The Balaban J connectivity index is 3.10. The molecule has 0 aliphatic heterocycles. The molecule has 0 aromatic carbocycles. The van der Waals surface area contributed by atoms with Crippen LogP contribution in [0.4, 0.5) is 0 Å². The van der Waals surface area contributed by atoms with E-state index in [9.17, 15) is 0 Å². The minimum Gasteiger partial charge on any atom is -0.475 e. The summed E-state index contributed by atoms with van der Waals surface area (Å²) < 4.78 is 73.2. The lowest BCUT2D eigenvalue weighted by Crippen LogP contribution is -2.05. The van der Waals surface area contributed by atoms with Crippen molar-refractivity contribution >= 4 is 15.9 Å². The minimum absolute atomic E-state index is 0.174. The predicted octanol–water partition coefficient (Wildman–Crippen LogP) is 1.26. The van der Waals surface area contributed by atoms with E-state index in [0.717, 1.165) is 0 Å². The van der Waals surface area contributed by atoms with Crippen LogP contribution in [0.25, 0.3) is 0 Å². The highest BCUT2D eigenvalue weighted by atomic mass is 79.9. The van der Waals surface area contributed by atoms with Gasteiger partial charge in [-0.3, -0.25) is 0 Å². The summed E-state index contributed by atoms with van der Waals surface area (Å²) in [7, 11) is -3.20. The number of rotatable bonds is 4. The second kappa shape index (κ2) is 5.05. The summed E-state index contributed by atoms with van der Waals surface area (Å²) in [4.78, 5) is 6.95. The molecule has 5 heteroatoms. The molecule has 0 bridgehead atoms. The van der Waals surface area contributed by atoms with Gasteiger partial charge in [-0.15, -0.1) is 0 Å². The van der Waals surface area contributed by atoms with Gasteiger partial charge in [0.1, 0.15) is 6.56 Å². The van der Waals surface area contributed by atoms with Crippen molar-refractivity contribution in [2.45, 2.75) is 0 Å². The fraction of sp³-hybridized carbons (Fsp3) is 0.429. The second-order valence-electron chi connectivity index (χ2n) is 1.44. The van der Waals surface area contributed by atoms with Gasteiger partial charge in [0.25, 0.3) is 0 Å². The predicted molar refractivity (Wildman–Crippen MR) is 47.1 cm³/mol. The van der Waals surface area contributed by atoms with Gasteiger partial charge in [-0.2, -0.15) is 4.98 Å². The van der Waals surface area contributed by atoms with Crippen molar-refractivity contribution in [2.75, 3.05) is 20.2 Å². The Bertz CT molecular complexity index is 536. The Morgan fingerprint density at radius 3 is 3.58 bits per heavy atom. The van der Waals surface area contributed by atoms with E-state index in [4.69, 9.17) is 12.3 Å². The molecular weight excluding hydrogens is 224 g/mol. The number of halogens is 1. The number of nitrogens with zero attached hydrogens (tertiary/aromatic N) is 2. The van der Waals surface area contributed by atoms with Crippen LogP contribution in [0.1, 0.15) is 12.3 Å². The summed E-state index contributed by atoms with van der Waals surface area (Å²) in [6, 6.07) is -0.688. The summed E-state index contributed by atoms with van der Waals surface area (Å²) in [5.41, 5.74) is 0. The van der Waals surface area contributed by atoms with E-state index in [1.165, 1.54) is 0 Å². The number of hydrogen-bond acceptors (Lipinski definition) is 4. The largest absolute Gasteiger partial charge is 0.475 e. The Morgan fingerprint density at radius 1 is 1.83 bits per heavy atom. The third kappa shape index (κ3) is 3.15. The van der Waals surface area contributed by atoms with Crippen LogP contribution < -0.4 is 4.74 Å². The zero-order valence-electron chi connectivity index (χ0n) is 14.6. The number of ether oxygens (including phenoxy) is 2. The van der Waals surface area contributed by atoms with Crippen molar-refractivity contribution in [3.05, 3.63) is 16.9 Å². The van der Waals surface area contributed by atoms with Gasteiger partial charge in [-0.05, 0) is 15.9 Å². The molecule has 0 amide bonds. The summed E-state index contributed by atoms with van der Waals surface area (Å²) in [5.74, 6) is -0.732. The quantitative estimate of drug-likeness (QED) is 0.745. The molecule has 4 nitrogen and oxygen atoms in total. The fourth-order valence-electron chi connectivity index (χ4n) is 0.397. The average Bonchev–Trinajstić information content (AvgIpc) is 2.21. The fourth-order valence-corrected chi connectivity index (χ4v) is 0.647. The molecule has 0 atom stereocenters. The smallest absolute Gasteiger partial charge is 0.217 e. The van der Waals surface area contributed by atoms with Crippen LogP contribution >= 0.6 is 15.9 Å². The van der Waals surface area contributed by atoms with Crippen molar-refractivity contribution in [2.24, 2.45) is 0 Å². The second-order valence-corrected chi connectivity index (χ2v) is 2.15. The zero-order chi connectivity index (χ0) is 16.6. The molecule has 0 radical (unpaired) electrons. The molecular formula is C7H9BrN2O2. The molecule has 0 unspecified atom stereocenters. The highest BCUT2D eigenvalue weighted by Crippen LogP contribution is 2.08. The van der Waals surface area contributed by atoms with Crippen molar-refractivity contribution in [3.63, 3.8) is 0 Å². The maximum atomic E-state index is 7.46. The Kier molecular flexibility index (Phi) is 1.23. The van der Waals surface area contributed by atoms with E-state index in [1.54, 1.807) is 0 Å². The van der Waals surface area contributed by atoms with Crippen molar-refractivity contribution < 1.29 is 21.8 Å². The molecule has 0 N–H and O–H groups in total. The van der Waals surface area contributed by atoms with E-state index in [-0.39, 0.29) is 4.73 Å². The first-order chi connectivity index (χ1) is 9.25. The van der Waals surface area contributed by atoms with Gasteiger partial charge >= 0.3 is 0 Å². The third-order valence-electron chi connectivity index (χ3n) is 0.745. The van der Waals surface area contributed by atoms with E-state index in [0.29, 0.717) is 0 Å². The van der Waals surface area contributed by atoms with Gasteiger partial charge in [0, 0.05) is 19.3 Å². The van der Waals surface area contributed by atoms with E-state index in [1.807, 2.05) is 0 Å². The summed E-state index contributed by atoms with van der Waals surface area (Å²) >= 11 is 2.81. The topological polar surface area (TPSA) is 44.2 Å². The van der Waals surface area contributed by atoms with E-state index in [2.05, 4.69) is 35.4 Å². The molecule has 0 saturated carbocycles. The normalized spacial score (nSPS) is 24.2. The third-order valence-corrected chi connectivity index (χ3v) is 1.10. The van der Waals surface area contributed by atoms with Gasteiger partial charge < -0.3 is 9.47 Å². The lowest BCUT2D eigenvalue weighted by molar-refractivity contribution is 0.143. The van der Waals surface area contributed by atoms with Gasteiger partial charge in [0.15, 0.2) is 4.73 Å². The van der Waals surface area contributed by atoms with Crippen LogP contribution in [0.5, 0.6) is 5.88 Å². The highest BCUT2D eigenvalue weighted by molar-refractivity contribution is 9.10. The molecule has 1 rings (SSSR count). The standard InChI is InChI=1S/C7H9BrN2O2/c1-11-4-5-12-6-2-3-9-7(8)10-6/h2-3H,4-5H2,1H3/i1D3,2D,3D,4D2,5D2. The first kappa shape index (κ1) is 2.92. The molecule has 1 heterocycles. The monoisotopic (exact) mass is 241 g/mol. The van der Waals surface area contributed by atoms with Crippen LogP contribution in [0.2, 0.25) is 0 Å². The molecule has 0 aliphatic carbocycles. The van der Waals surface area contributed by atoms with Gasteiger partial charge in [-0.25, -0.2) is 4.98 Å². The highest BCUT2D eigenvalue weighted by Gasteiger charge is 1.95. The minimum atomic E-state index is -3.36. The van der Waals surface area contributed by atoms with Crippen molar-refractivity contribution in [1.82, 2.24) is 9.97 Å². The van der Waals surface area contributed by atoms with Crippen LogP contribution in [0.3, 0.4) is 0 Å². The van der Waals surface area contributed by atoms with Crippen LogP contribution in [0.15, 0.2) is 16.9 Å². The lowest BCUT2D eigenvalue weighted by Gasteiger charge is -2.02. The number of hydrogen-bond donors (Lipinski definition) is 0. The molecule has 0 aliphatic rings. The van der Waals surface area contributed by atoms with Gasteiger partial charge in [0.2, 0.25) is 5.88 Å². The first-order valence-corrected chi connectivity index (χ1v) is 3.44. The lowest BCUT2D eigenvalue weighted by atomic mass is 10.6. The molecule has 0 saturated heterocycles. The summed E-state index contributed by atoms with van der Waals surface area (Å²) in [5, 5.41) is 0. The maximum Gasteiger partial charge on any atom is 0.217 e. The molecule has 1 aromatic rings. The first-order valence-electron chi connectivity index (χ1n) is 7.15. The number of aromatic nitrogens is 2. The molecule has 0 fully saturated rings. The van der Waals surface area contributed by atoms with Crippen LogP contribution in [-0.4, -0.2) is 30.1 Å². The van der Waals surface area contributed by atoms with E-state index < -0.39 is 38.3 Å². The average molecular weight is 242 g/mol. The molecule has 66 valence electrons. The maximum absolute atomic E-state index is 7.46. The zero-order valence-corrected chi connectivity index (χ0v) is 7.17. The summed E-state index contributed by atoms with van der Waals surface area (Å²) in [6.45, 7) is -6.64. The van der Waals surface area contributed by atoms with Crippen LogP contribution in [-0.2, 0) is 4.74 Å². The number of methoxy groups -OCH3 is 1. The van der Waals surface area contributed by atoms with Crippen molar-refractivity contribution in [3.8, 4) is 5.88 Å². The van der Waals surface area contributed by atoms with E-state index >= 15 is 0 Å². The summed E-state index contributed by atoms with van der Waals surface area (Å²) in [6.07, 6.45) is -0.583. The Morgan fingerprint density at radius 2 is 2.75 bits per heavy atom. The SMILES string of the molecule is [2H]c1nc(Br)nc(OC([2H])([2H])C([2H])([2H])OC([2H])([2H])[2H])c1[2H]. The Labute approximate surface area is 91.7 Å². The molecule has 0 spiro atoms. The molecule has 12 heavy (non-hydrogen) atoms. The molecule has 1 aromatic heterocycles. The Hall–Kier alpha value is -0.680. The van der Waals surface area contributed by atoms with Crippen molar-refractivity contribution in [1.29, 1.82) is 0 Å².